The van der Waals surface area contributed by atoms with Crippen LogP contribution in [-0.2, 0) is 4.74 Å². The summed E-state index contributed by atoms with van der Waals surface area (Å²) >= 11 is 0. The van der Waals surface area contributed by atoms with Gasteiger partial charge in [-0.3, -0.25) is 0 Å². The molecule has 19 heavy (non-hydrogen) atoms. The number of hydrogen-bond acceptors (Lipinski definition) is 3. The Bertz CT molecular complexity index is 429. The summed E-state index contributed by atoms with van der Waals surface area (Å²) in [5.74, 6) is -0.322. The third kappa shape index (κ3) is 6.22. The van der Waals surface area contributed by atoms with Crippen molar-refractivity contribution in [1.82, 2.24) is 0 Å². The normalized spacial score (nSPS) is 12.2. The summed E-state index contributed by atoms with van der Waals surface area (Å²) in [6.45, 7) is 5.80. The summed E-state index contributed by atoms with van der Waals surface area (Å²) in [4.78, 5) is 11.6. The second-order valence-corrected chi connectivity index (χ2v) is 4.04. The Hall–Kier alpha value is -1.58. The average Bonchev–Trinajstić information content (AvgIpc) is 2.39. The second kappa shape index (κ2) is 9.36. The van der Waals surface area contributed by atoms with E-state index < -0.39 is 0 Å². The van der Waals surface area contributed by atoms with Gasteiger partial charge in [0, 0.05) is 6.04 Å². The lowest BCUT2D eigenvalue weighted by Crippen LogP contribution is -2.20. The van der Waals surface area contributed by atoms with E-state index in [2.05, 4.69) is 6.58 Å². The molecule has 0 bridgehead atoms. The molecule has 1 atom stereocenters. The first-order valence-electron chi connectivity index (χ1n) is 5.90. The SMILES string of the molecule is C=CC[C@H](N)/C(C)=C/COC(=O)c1ccccc1.Cl. The van der Waals surface area contributed by atoms with E-state index >= 15 is 0 Å². The highest BCUT2D eigenvalue weighted by Crippen LogP contribution is 2.05. The fourth-order valence-corrected chi connectivity index (χ4v) is 1.42. The van der Waals surface area contributed by atoms with Gasteiger partial charge in [0.2, 0.25) is 0 Å². The van der Waals surface area contributed by atoms with Crippen LogP contribution >= 0.6 is 12.4 Å². The molecule has 1 aromatic carbocycles. The molecule has 0 amide bonds. The van der Waals surface area contributed by atoms with Crippen LogP contribution < -0.4 is 5.73 Å². The molecule has 0 fully saturated rings. The van der Waals surface area contributed by atoms with Gasteiger partial charge in [-0.1, -0.05) is 29.8 Å². The summed E-state index contributed by atoms with van der Waals surface area (Å²) in [5.41, 5.74) is 7.43. The average molecular weight is 282 g/mol. The first-order chi connectivity index (χ1) is 8.65. The Morgan fingerprint density at radius 1 is 1.42 bits per heavy atom. The van der Waals surface area contributed by atoms with E-state index in [0.29, 0.717) is 5.56 Å². The number of esters is 1. The molecule has 2 N–H and O–H groups in total. The topological polar surface area (TPSA) is 52.3 Å². The molecule has 1 rings (SSSR count). The molecule has 4 heteroatoms. The van der Waals surface area contributed by atoms with Crippen molar-refractivity contribution in [2.24, 2.45) is 5.73 Å². The fourth-order valence-electron chi connectivity index (χ4n) is 1.42. The van der Waals surface area contributed by atoms with Gasteiger partial charge in [-0.15, -0.1) is 19.0 Å². The zero-order valence-electron chi connectivity index (χ0n) is 11.0. The van der Waals surface area contributed by atoms with Crippen LogP contribution in [-0.4, -0.2) is 18.6 Å². The summed E-state index contributed by atoms with van der Waals surface area (Å²) in [6, 6.07) is 8.85. The van der Waals surface area contributed by atoms with E-state index in [9.17, 15) is 4.79 Å². The van der Waals surface area contributed by atoms with Crippen LogP contribution in [0, 0.1) is 0 Å². The molecule has 0 aliphatic carbocycles. The Morgan fingerprint density at radius 3 is 2.63 bits per heavy atom. The van der Waals surface area contributed by atoms with Crippen LogP contribution in [0.25, 0.3) is 0 Å². The number of rotatable bonds is 6. The highest BCUT2D eigenvalue weighted by molar-refractivity contribution is 5.89. The maximum absolute atomic E-state index is 11.6. The molecule has 0 heterocycles. The number of carbonyl (C=O) groups is 1. The number of carbonyl (C=O) groups excluding carboxylic acids is 1. The van der Waals surface area contributed by atoms with Crippen molar-refractivity contribution in [2.45, 2.75) is 19.4 Å². The van der Waals surface area contributed by atoms with E-state index in [1.54, 1.807) is 30.3 Å². The molecule has 0 saturated heterocycles. The molecule has 0 saturated carbocycles. The smallest absolute Gasteiger partial charge is 0.338 e. The predicted octanol–water partition coefficient (Wildman–Crippen LogP) is 3.11. The van der Waals surface area contributed by atoms with Crippen LogP contribution in [0.5, 0.6) is 0 Å². The minimum absolute atomic E-state index is 0. The van der Waals surface area contributed by atoms with Crippen molar-refractivity contribution < 1.29 is 9.53 Å². The van der Waals surface area contributed by atoms with E-state index in [-0.39, 0.29) is 31.0 Å². The van der Waals surface area contributed by atoms with Crippen LogP contribution in [0.4, 0.5) is 0 Å². The van der Waals surface area contributed by atoms with Crippen molar-refractivity contribution in [3.8, 4) is 0 Å². The molecule has 3 nitrogen and oxygen atoms in total. The summed E-state index contributed by atoms with van der Waals surface area (Å²) < 4.78 is 5.13. The van der Waals surface area contributed by atoms with Gasteiger partial charge in [-0.05, 0) is 31.6 Å². The minimum Gasteiger partial charge on any atom is -0.458 e. The van der Waals surface area contributed by atoms with Crippen molar-refractivity contribution in [3.63, 3.8) is 0 Å². The van der Waals surface area contributed by atoms with Gasteiger partial charge in [0.25, 0.3) is 0 Å². The first-order valence-corrected chi connectivity index (χ1v) is 5.90. The zero-order valence-corrected chi connectivity index (χ0v) is 11.9. The van der Waals surface area contributed by atoms with Crippen LogP contribution in [0.3, 0.4) is 0 Å². The third-order valence-corrected chi connectivity index (χ3v) is 2.63. The fraction of sp³-hybridized carbons (Fsp3) is 0.267. The molecule has 0 aromatic heterocycles. The Kier molecular flexibility index (Phi) is 8.58. The summed E-state index contributed by atoms with van der Waals surface area (Å²) in [6.07, 6.45) is 4.32. The lowest BCUT2D eigenvalue weighted by Gasteiger charge is -2.09. The number of ether oxygens (including phenoxy) is 1. The van der Waals surface area contributed by atoms with E-state index in [4.69, 9.17) is 10.5 Å². The van der Waals surface area contributed by atoms with E-state index in [0.717, 1.165) is 12.0 Å². The van der Waals surface area contributed by atoms with E-state index in [1.807, 2.05) is 19.1 Å². The van der Waals surface area contributed by atoms with E-state index in [1.165, 1.54) is 0 Å². The minimum atomic E-state index is -0.322. The van der Waals surface area contributed by atoms with Crippen LogP contribution in [0.15, 0.2) is 54.6 Å². The van der Waals surface area contributed by atoms with Gasteiger partial charge in [0.15, 0.2) is 0 Å². The quantitative estimate of drug-likeness (QED) is 0.644. The molecular weight excluding hydrogens is 262 g/mol. The second-order valence-electron chi connectivity index (χ2n) is 4.04. The third-order valence-electron chi connectivity index (χ3n) is 2.63. The highest BCUT2D eigenvalue weighted by atomic mass is 35.5. The monoisotopic (exact) mass is 281 g/mol. The highest BCUT2D eigenvalue weighted by Gasteiger charge is 2.05. The summed E-state index contributed by atoms with van der Waals surface area (Å²) in [7, 11) is 0. The molecule has 104 valence electrons. The predicted molar refractivity (Wildman–Crippen MR) is 80.5 cm³/mol. The zero-order chi connectivity index (χ0) is 13.4. The lowest BCUT2D eigenvalue weighted by atomic mass is 10.1. The number of hydrogen-bond donors (Lipinski definition) is 1. The van der Waals surface area contributed by atoms with Gasteiger partial charge in [0.05, 0.1) is 5.56 Å². The van der Waals surface area contributed by atoms with Gasteiger partial charge < -0.3 is 10.5 Å². The van der Waals surface area contributed by atoms with Crippen LogP contribution in [0.1, 0.15) is 23.7 Å². The lowest BCUT2D eigenvalue weighted by molar-refractivity contribution is 0.0548. The number of halogens is 1. The maximum Gasteiger partial charge on any atom is 0.338 e. The van der Waals surface area contributed by atoms with Gasteiger partial charge in [-0.2, -0.15) is 0 Å². The Labute approximate surface area is 120 Å². The van der Waals surface area contributed by atoms with Crippen LogP contribution in [0.2, 0.25) is 0 Å². The Balaban J connectivity index is 0.00000324. The molecule has 0 unspecified atom stereocenters. The van der Waals surface area contributed by atoms with Crippen molar-refractivity contribution in [1.29, 1.82) is 0 Å². The molecule has 1 aromatic rings. The summed E-state index contributed by atoms with van der Waals surface area (Å²) in [5, 5.41) is 0. The Morgan fingerprint density at radius 2 is 2.05 bits per heavy atom. The first kappa shape index (κ1) is 17.4. The van der Waals surface area contributed by atoms with Gasteiger partial charge in [0.1, 0.15) is 6.61 Å². The van der Waals surface area contributed by atoms with Crippen molar-refractivity contribution in [2.75, 3.05) is 6.61 Å². The molecule has 0 aliphatic rings. The van der Waals surface area contributed by atoms with Crippen molar-refractivity contribution in [3.05, 3.63) is 60.2 Å². The largest absolute Gasteiger partial charge is 0.458 e. The molecular formula is C15H20ClNO2. The molecule has 0 radical (unpaired) electrons. The standard InChI is InChI=1S/C15H19NO2.ClH/c1-3-7-14(16)12(2)10-11-18-15(17)13-8-5-4-6-9-13;/h3-6,8-10,14H,1,7,11,16H2,2H3;1H/b12-10+;/t14-;/m0./s1. The maximum atomic E-state index is 11.6. The molecule has 0 aliphatic heterocycles. The number of nitrogens with two attached hydrogens (primary N) is 1. The van der Waals surface area contributed by atoms with Gasteiger partial charge >= 0.3 is 5.97 Å². The molecule has 0 spiro atoms. The number of benzene rings is 1. The van der Waals surface area contributed by atoms with Gasteiger partial charge in [-0.25, -0.2) is 4.79 Å². The van der Waals surface area contributed by atoms with Crippen molar-refractivity contribution >= 4 is 18.4 Å².